The number of hydrogen-bond acceptors (Lipinski definition) is 3. The Labute approximate surface area is 82.8 Å². The number of pyridine rings is 1. The molecule has 0 aliphatic carbocycles. The number of carboxylic acids is 1. The number of rotatable bonds is 4. The fraction of sp³-hybridized carbons (Fsp3) is 0.400. The smallest absolute Gasteiger partial charge is 0.312 e. The molecule has 76 valence electrons. The summed E-state index contributed by atoms with van der Waals surface area (Å²) in [7, 11) is 0. The van der Waals surface area contributed by atoms with E-state index in [1.165, 1.54) is 0 Å². The number of carboxylic acid groups (broad SMARTS) is 1. The Morgan fingerprint density at radius 1 is 1.64 bits per heavy atom. The highest BCUT2D eigenvalue weighted by molar-refractivity contribution is 5.76. The lowest BCUT2D eigenvalue weighted by atomic mass is 10.0. The van der Waals surface area contributed by atoms with Crippen molar-refractivity contribution in [2.75, 3.05) is 6.54 Å². The van der Waals surface area contributed by atoms with E-state index >= 15 is 0 Å². The van der Waals surface area contributed by atoms with Gasteiger partial charge in [0.2, 0.25) is 0 Å². The monoisotopic (exact) mass is 194 g/mol. The highest BCUT2D eigenvalue weighted by Gasteiger charge is 2.17. The van der Waals surface area contributed by atoms with E-state index in [4.69, 9.17) is 10.8 Å². The Hall–Kier alpha value is -1.42. The molecule has 0 aliphatic heterocycles. The van der Waals surface area contributed by atoms with Gasteiger partial charge in [0.1, 0.15) is 0 Å². The molecule has 4 heteroatoms. The van der Waals surface area contributed by atoms with Gasteiger partial charge >= 0.3 is 5.97 Å². The first-order chi connectivity index (χ1) is 6.69. The third-order valence-electron chi connectivity index (χ3n) is 2.15. The van der Waals surface area contributed by atoms with Crippen LogP contribution in [0.2, 0.25) is 0 Å². The zero-order chi connectivity index (χ0) is 10.6. The average molecular weight is 194 g/mol. The molecule has 1 aromatic heterocycles. The van der Waals surface area contributed by atoms with Gasteiger partial charge in [-0.25, -0.2) is 0 Å². The number of carbonyl (C=O) groups is 1. The van der Waals surface area contributed by atoms with Crippen LogP contribution in [-0.4, -0.2) is 22.6 Å². The highest BCUT2D eigenvalue weighted by Crippen LogP contribution is 2.13. The van der Waals surface area contributed by atoms with Crippen molar-refractivity contribution in [2.45, 2.75) is 19.3 Å². The number of hydrogen-bond donors (Lipinski definition) is 2. The maximum Gasteiger partial charge on any atom is 0.312 e. The number of aryl methyl sites for hydroxylation is 1. The van der Waals surface area contributed by atoms with Crippen LogP contribution in [0.1, 0.15) is 24.1 Å². The summed E-state index contributed by atoms with van der Waals surface area (Å²) in [5.41, 5.74) is 6.99. The molecule has 0 fully saturated rings. The van der Waals surface area contributed by atoms with Crippen LogP contribution < -0.4 is 5.73 Å². The van der Waals surface area contributed by atoms with Crippen molar-refractivity contribution >= 4 is 5.97 Å². The lowest BCUT2D eigenvalue weighted by Crippen LogP contribution is -2.21. The van der Waals surface area contributed by atoms with Gasteiger partial charge in [-0.05, 0) is 18.1 Å². The van der Waals surface area contributed by atoms with E-state index in [1.807, 2.05) is 13.0 Å². The Morgan fingerprint density at radius 3 is 2.71 bits per heavy atom. The molecule has 0 spiro atoms. The summed E-state index contributed by atoms with van der Waals surface area (Å²) >= 11 is 0. The van der Waals surface area contributed by atoms with Crippen LogP contribution in [0, 0.1) is 0 Å². The van der Waals surface area contributed by atoms with E-state index < -0.39 is 11.9 Å². The van der Waals surface area contributed by atoms with E-state index in [2.05, 4.69) is 4.98 Å². The third-order valence-corrected chi connectivity index (χ3v) is 2.15. The van der Waals surface area contributed by atoms with Gasteiger partial charge in [0, 0.05) is 18.4 Å². The van der Waals surface area contributed by atoms with Gasteiger partial charge in [-0.2, -0.15) is 0 Å². The first-order valence-corrected chi connectivity index (χ1v) is 4.56. The largest absolute Gasteiger partial charge is 0.481 e. The fourth-order valence-corrected chi connectivity index (χ4v) is 1.23. The topological polar surface area (TPSA) is 76.2 Å². The van der Waals surface area contributed by atoms with Crippen LogP contribution >= 0.6 is 0 Å². The van der Waals surface area contributed by atoms with E-state index in [-0.39, 0.29) is 6.54 Å². The molecular formula is C10H14N2O2. The lowest BCUT2D eigenvalue weighted by Gasteiger charge is -2.09. The van der Waals surface area contributed by atoms with Crippen LogP contribution in [0.15, 0.2) is 18.3 Å². The Kier molecular flexibility index (Phi) is 3.59. The minimum atomic E-state index is -0.904. The minimum Gasteiger partial charge on any atom is -0.481 e. The first-order valence-electron chi connectivity index (χ1n) is 4.56. The first kappa shape index (κ1) is 10.7. The summed E-state index contributed by atoms with van der Waals surface area (Å²) in [6.07, 6.45) is 2.44. The Morgan fingerprint density at radius 2 is 2.36 bits per heavy atom. The third kappa shape index (κ3) is 2.29. The second kappa shape index (κ2) is 4.72. The van der Waals surface area contributed by atoms with Gasteiger partial charge in [-0.15, -0.1) is 0 Å². The van der Waals surface area contributed by atoms with Crippen molar-refractivity contribution in [3.05, 3.63) is 29.6 Å². The highest BCUT2D eigenvalue weighted by atomic mass is 16.4. The summed E-state index contributed by atoms with van der Waals surface area (Å²) in [6.45, 7) is 2.10. The van der Waals surface area contributed by atoms with E-state index in [9.17, 15) is 4.79 Å². The second-order valence-electron chi connectivity index (χ2n) is 3.06. The molecule has 1 atom stereocenters. The molecular weight excluding hydrogens is 180 g/mol. The normalized spacial score (nSPS) is 12.4. The zero-order valence-corrected chi connectivity index (χ0v) is 8.10. The van der Waals surface area contributed by atoms with Crippen molar-refractivity contribution in [1.82, 2.24) is 4.98 Å². The summed E-state index contributed by atoms with van der Waals surface area (Å²) in [5.74, 6) is -1.55. The summed E-state index contributed by atoms with van der Waals surface area (Å²) in [6, 6.07) is 3.61. The standard InChI is InChI=1S/C10H14N2O2/c1-2-8-4-3-7(6-12-8)9(5-11)10(13)14/h3-4,6,9H,2,5,11H2,1H3,(H,13,14). The SMILES string of the molecule is CCc1ccc(C(CN)C(=O)O)cn1. The van der Waals surface area contributed by atoms with Gasteiger partial charge in [0.05, 0.1) is 5.92 Å². The maximum absolute atomic E-state index is 10.8. The molecule has 14 heavy (non-hydrogen) atoms. The van der Waals surface area contributed by atoms with E-state index in [1.54, 1.807) is 12.3 Å². The van der Waals surface area contributed by atoms with Gasteiger partial charge in [-0.3, -0.25) is 9.78 Å². The number of nitrogens with zero attached hydrogens (tertiary/aromatic N) is 1. The van der Waals surface area contributed by atoms with Crippen molar-refractivity contribution in [3.8, 4) is 0 Å². The van der Waals surface area contributed by atoms with Crippen LogP contribution in [0.3, 0.4) is 0 Å². The summed E-state index contributed by atoms with van der Waals surface area (Å²) in [5, 5.41) is 8.85. The molecule has 1 unspecified atom stereocenters. The number of nitrogens with two attached hydrogens (primary N) is 1. The summed E-state index contributed by atoms with van der Waals surface area (Å²) < 4.78 is 0. The molecule has 0 bridgehead atoms. The Bertz CT molecular complexity index is 308. The average Bonchev–Trinajstić information content (AvgIpc) is 2.19. The maximum atomic E-state index is 10.8. The van der Waals surface area contributed by atoms with E-state index in [0.717, 1.165) is 12.1 Å². The van der Waals surface area contributed by atoms with Crippen molar-refractivity contribution in [1.29, 1.82) is 0 Å². The van der Waals surface area contributed by atoms with Crippen molar-refractivity contribution < 1.29 is 9.90 Å². The van der Waals surface area contributed by atoms with Crippen LogP contribution in [0.5, 0.6) is 0 Å². The molecule has 1 heterocycles. The minimum absolute atomic E-state index is 0.0997. The van der Waals surface area contributed by atoms with Crippen molar-refractivity contribution in [2.24, 2.45) is 5.73 Å². The van der Waals surface area contributed by atoms with Gasteiger partial charge in [0.25, 0.3) is 0 Å². The van der Waals surface area contributed by atoms with Crippen LogP contribution in [0.4, 0.5) is 0 Å². The lowest BCUT2D eigenvalue weighted by molar-refractivity contribution is -0.138. The summed E-state index contributed by atoms with van der Waals surface area (Å²) in [4.78, 5) is 14.9. The molecule has 0 aromatic carbocycles. The molecule has 1 aromatic rings. The predicted octanol–water partition coefficient (Wildman–Crippen LogP) is 0.771. The Balaban J connectivity index is 2.89. The quantitative estimate of drug-likeness (QED) is 0.742. The van der Waals surface area contributed by atoms with Crippen LogP contribution in [-0.2, 0) is 11.2 Å². The van der Waals surface area contributed by atoms with Crippen LogP contribution in [0.25, 0.3) is 0 Å². The molecule has 4 nitrogen and oxygen atoms in total. The molecule has 0 amide bonds. The second-order valence-corrected chi connectivity index (χ2v) is 3.06. The zero-order valence-electron chi connectivity index (χ0n) is 8.10. The van der Waals surface area contributed by atoms with Gasteiger partial charge < -0.3 is 10.8 Å². The number of aliphatic carboxylic acids is 1. The van der Waals surface area contributed by atoms with E-state index in [0.29, 0.717) is 5.56 Å². The van der Waals surface area contributed by atoms with Gasteiger partial charge in [0.15, 0.2) is 0 Å². The number of aromatic nitrogens is 1. The van der Waals surface area contributed by atoms with Gasteiger partial charge in [-0.1, -0.05) is 13.0 Å². The molecule has 1 rings (SSSR count). The molecule has 0 aliphatic rings. The molecule has 0 saturated heterocycles. The molecule has 3 N–H and O–H groups in total. The molecule has 0 radical (unpaired) electrons. The fourth-order valence-electron chi connectivity index (χ4n) is 1.23. The molecule has 0 saturated carbocycles. The predicted molar refractivity (Wildman–Crippen MR) is 53.0 cm³/mol. The van der Waals surface area contributed by atoms with Crippen molar-refractivity contribution in [3.63, 3.8) is 0 Å².